The molecule has 2 rings (SSSR count). The minimum atomic E-state index is -0.577. The molecule has 8 heteroatoms. The van der Waals surface area contributed by atoms with Gasteiger partial charge in [0.1, 0.15) is 0 Å². The highest BCUT2D eigenvalue weighted by Gasteiger charge is 2.25. The molecule has 0 N–H and O–H groups in total. The van der Waals surface area contributed by atoms with Crippen LogP contribution < -0.4 is 9.47 Å². The summed E-state index contributed by atoms with van der Waals surface area (Å²) in [6.45, 7) is 0. The standard InChI is InChI=1S/C14H12N2O6/c1-21-13-9(5-3-7-11(13)15(17)18)10-6-4-8-12(16(19)20)14(10)22-2/h3-8H,1-2H3. The molecule has 8 nitrogen and oxygen atoms in total. The van der Waals surface area contributed by atoms with Crippen LogP contribution >= 0.6 is 0 Å². The number of para-hydroxylation sites is 2. The van der Waals surface area contributed by atoms with Crippen LogP contribution in [-0.4, -0.2) is 24.1 Å². The Morgan fingerprint density at radius 1 is 0.773 bits per heavy atom. The van der Waals surface area contributed by atoms with E-state index in [0.717, 1.165) is 0 Å². The van der Waals surface area contributed by atoms with Crippen molar-refractivity contribution in [3.05, 3.63) is 56.6 Å². The average Bonchev–Trinajstić information content (AvgIpc) is 2.52. The summed E-state index contributed by atoms with van der Waals surface area (Å²) in [6, 6.07) is 8.71. The van der Waals surface area contributed by atoms with Crippen LogP contribution in [0, 0.1) is 20.2 Å². The number of benzene rings is 2. The van der Waals surface area contributed by atoms with Crippen molar-refractivity contribution in [3.63, 3.8) is 0 Å². The minimum Gasteiger partial charge on any atom is -0.490 e. The van der Waals surface area contributed by atoms with Gasteiger partial charge in [-0.05, 0) is 12.1 Å². The molecule has 0 amide bonds. The first kappa shape index (κ1) is 15.2. The lowest BCUT2D eigenvalue weighted by Gasteiger charge is -2.12. The van der Waals surface area contributed by atoms with Crippen molar-refractivity contribution in [2.45, 2.75) is 0 Å². The van der Waals surface area contributed by atoms with Crippen LogP contribution in [-0.2, 0) is 0 Å². The first-order valence-electron chi connectivity index (χ1n) is 6.14. The molecule has 0 radical (unpaired) electrons. The Balaban J connectivity index is 2.77. The van der Waals surface area contributed by atoms with E-state index in [1.54, 1.807) is 12.1 Å². The zero-order chi connectivity index (χ0) is 16.3. The van der Waals surface area contributed by atoms with Crippen LogP contribution in [0.3, 0.4) is 0 Å². The van der Waals surface area contributed by atoms with Crippen LogP contribution in [0.4, 0.5) is 11.4 Å². The summed E-state index contributed by atoms with van der Waals surface area (Å²) < 4.78 is 10.2. The summed E-state index contributed by atoms with van der Waals surface area (Å²) >= 11 is 0. The molecule has 22 heavy (non-hydrogen) atoms. The van der Waals surface area contributed by atoms with E-state index in [2.05, 4.69) is 0 Å². The third-order valence-electron chi connectivity index (χ3n) is 3.08. The predicted molar refractivity (Wildman–Crippen MR) is 78.3 cm³/mol. The Bertz CT molecular complexity index is 681. The second-order valence-corrected chi connectivity index (χ2v) is 4.23. The van der Waals surface area contributed by atoms with Crippen molar-refractivity contribution >= 4 is 11.4 Å². The maximum absolute atomic E-state index is 11.1. The maximum Gasteiger partial charge on any atom is 0.311 e. The van der Waals surface area contributed by atoms with Gasteiger partial charge in [0.05, 0.1) is 24.1 Å². The van der Waals surface area contributed by atoms with E-state index in [1.807, 2.05) is 0 Å². The highest BCUT2D eigenvalue weighted by atomic mass is 16.6. The number of ether oxygens (including phenoxy) is 2. The highest BCUT2D eigenvalue weighted by molar-refractivity contribution is 5.82. The van der Waals surface area contributed by atoms with Crippen LogP contribution in [0.25, 0.3) is 11.1 Å². The average molecular weight is 304 g/mol. The predicted octanol–water partition coefficient (Wildman–Crippen LogP) is 3.19. The van der Waals surface area contributed by atoms with Gasteiger partial charge in [0.25, 0.3) is 0 Å². The Morgan fingerprint density at radius 3 is 1.41 bits per heavy atom. The van der Waals surface area contributed by atoms with Crippen molar-refractivity contribution in [2.24, 2.45) is 0 Å². The summed E-state index contributed by atoms with van der Waals surface area (Å²) in [6.07, 6.45) is 0. The first-order valence-corrected chi connectivity index (χ1v) is 6.14. The topological polar surface area (TPSA) is 105 Å². The molecule has 0 aliphatic carbocycles. The fourth-order valence-corrected chi connectivity index (χ4v) is 2.19. The van der Waals surface area contributed by atoms with E-state index in [9.17, 15) is 20.2 Å². The highest BCUT2D eigenvalue weighted by Crippen LogP contribution is 2.44. The summed E-state index contributed by atoms with van der Waals surface area (Å²) in [5, 5.41) is 22.2. The Kier molecular flexibility index (Phi) is 4.21. The second kappa shape index (κ2) is 6.08. The normalized spacial score (nSPS) is 10.1. The van der Waals surface area contributed by atoms with Gasteiger partial charge in [-0.15, -0.1) is 0 Å². The molecule has 0 aliphatic heterocycles. The van der Waals surface area contributed by atoms with Gasteiger partial charge < -0.3 is 9.47 Å². The molecule has 0 unspecified atom stereocenters. The molecule has 0 saturated heterocycles. The number of nitro groups is 2. The molecule has 2 aromatic rings. The van der Waals surface area contributed by atoms with Gasteiger partial charge in [0.2, 0.25) is 11.5 Å². The molecule has 0 atom stereocenters. The molecule has 2 aromatic carbocycles. The summed E-state index contributed by atoms with van der Waals surface area (Å²) in [5.41, 5.74) is 0.233. The maximum atomic E-state index is 11.1. The largest absolute Gasteiger partial charge is 0.490 e. The SMILES string of the molecule is COc1c(-c2cccc([N+](=O)[O-])c2OC)cccc1[N+](=O)[O-]. The smallest absolute Gasteiger partial charge is 0.311 e. The summed E-state index contributed by atoms with van der Waals surface area (Å²) in [7, 11) is 2.60. The molecule has 0 aliphatic rings. The minimum absolute atomic E-state index is 0.0197. The molecule has 0 aromatic heterocycles. The lowest BCUT2D eigenvalue weighted by atomic mass is 10.0. The quantitative estimate of drug-likeness (QED) is 0.620. The van der Waals surface area contributed by atoms with E-state index in [0.29, 0.717) is 11.1 Å². The number of nitrogens with zero attached hydrogens (tertiary/aromatic N) is 2. The Hall–Kier alpha value is -3.16. The van der Waals surface area contributed by atoms with Gasteiger partial charge in [0.15, 0.2) is 0 Å². The van der Waals surface area contributed by atoms with Gasteiger partial charge in [0, 0.05) is 23.3 Å². The zero-order valence-corrected chi connectivity index (χ0v) is 11.8. The summed E-state index contributed by atoms with van der Waals surface area (Å²) in [4.78, 5) is 21.0. The molecule has 114 valence electrons. The third-order valence-corrected chi connectivity index (χ3v) is 3.08. The van der Waals surface area contributed by atoms with E-state index in [-0.39, 0.29) is 22.9 Å². The molecular weight excluding hydrogens is 292 g/mol. The van der Waals surface area contributed by atoms with Crippen LogP contribution in [0.2, 0.25) is 0 Å². The van der Waals surface area contributed by atoms with Crippen molar-refractivity contribution in [3.8, 4) is 22.6 Å². The molecule has 0 bridgehead atoms. The monoisotopic (exact) mass is 304 g/mol. The Morgan fingerprint density at radius 2 is 1.14 bits per heavy atom. The number of nitro benzene ring substituents is 2. The van der Waals surface area contributed by atoms with Gasteiger partial charge >= 0.3 is 11.4 Å². The molecule has 0 saturated carbocycles. The van der Waals surface area contributed by atoms with E-state index >= 15 is 0 Å². The first-order chi connectivity index (χ1) is 10.5. The van der Waals surface area contributed by atoms with Crippen molar-refractivity contribution in [1.82, 2.24) is 0 Å². The van der Waals surface area contributed by atoms with Gasteiger partial charge in [-0.2, -0.15) is 0 Å². The lowest BCUT2D eigenvalue weighted by molar-refractivity contribution is -0.386. The number of rotatable bonds is 5. The van der Waals surface area contributed by atoms with Crippen LogP contribution in [0.1, 0.15) is 0 Å². The van der Waals surface area contributed by atoms with Gasteiger partial charge in [-0.1, -0.05) is 12.1 Å². The van der Waals surface area contributed by atoms with Crippen LogP contribution in [0.15, 0.2) is 36.4 Å². The number of hydrogen-bond acceptors (Lipinski definition) is 6. The lowest BCUT2D eigenvalue weighted by Crippen LogP contribution is -1.99. The zero-order valence-electron chi connectivity index (χ0n) is 11.8. The fourth-order valence-electron chi connectivity index (χ4n) is 2.19. The third kappa shape index (κ3) is 2.53. The number of hydrogen-bond donors (Lipinski definition) is 0. The van der Waals surface area contributed by atoms with Gasteiger partial charge in [-0.25, -0.2) is 0 Å². The molecule has 0 fully saturated rings. The Labute approximate surface area is 125 Å². The second-order valence-electron chi connectivity index (χ2n) is 4.23. The van der Waals surface area contributed by atoms with Crippen LogP contribution in [0.5, 0.6) is 11.5 Å². The molecule has 0 spiro atoms. The van der Waals surface area contributed by atoms with Crippen molar-refractivity contribution in [1.29, 1.82) is 0 Å². The fraction of sp³-hybridized carbons (Fsp3) is 0.143. The van der Waals surface area contributed by atoms with E-state index in [4.69, 9.17) is 9.47 Å². The molecule has 0 heterocycles. The molecular formula is C14H12N2O6. The summed E-state index contributed by atoms with van der Waals surface area (Å²) in [5.74, 6) is 0.0394. The van der Waals surface area contributed by atoms with Gasteiger partial charge in [-0.3, -0.25) is 20.2 Å². The van der Waals surface area contributed by atoms with Crippen molar-refractivity contribution in [2.75, 3.05) is 14.2 Å². The van der Waals surface area contributed by atoms with E-state index in [1.165, 1.54) is 38.5 Å². The number of methoxy groups -OCH3 is 2. The van der Waals surface area contributed by atoms with Crippen molar-refractivity contribution < 1.29 is 19.3 Å². The van der Waals surface area contributed by atoms with E-state index < -0.39 is 9.85 Å².